The number of ether oxygens (including phenoxy) is 2. The van der Waals surface area contributed by atoms with E-state index in [1.807, 2.05) is 0 Å². The summed E-state index contributed by atoms with van der Waals surface area (Å²) in [5.41, 5.74) is 0.571. The molecule has 0 aliphatic carbocycles. The molecule has 0 saturated carbocycles. The van der Waals surface area contributed by atoms with E-state index in [2.05, 4.69) is 4.98 Å². The minimum atomic E-state index is -1.04. The van der Waals surface area contributed by atoms with Crippen LogP contribution in [0.1, 0.15) is 17.2 Å². The number of anilines is 1. The second-order valence-electron chi connectivity index (χ2n) is 7.12. The number of halogens is 2. The van der Waals surface area contributed by atoms with Crippen LogP contribution < -0.4 is 14.4 Å². The summed E-state index contributed by atoms with van der Waals surface area (Å²) in [5, 5.41) is 11.5. The van der Waals surface area contributed by atoms with Crippen LogP contribution in [0.25, 0.3) is 5.76 Å². The van der Waals surface area contributed by atoms with Gasteiger partial charge in [-0.15, -0.1) is 0 Å². The molecule has 168 valence electrons. The van der Waals surface area contributed by atoms with E-state index >= 15 is 0 Å². The Labute approximate surface area is 193 Å². The van der Waals surface area contributed by atoms with E-state index in [4.69, 9.17) is 21.1 Å². The Morgan fingerprint density at radius 1 is 1.06 bits per heavy atom. The van der Waals surface area contributed by atoms with Gasteiger partial charge in [-0.25, -0.2) is 4.39 Å². The summed E-state index contributed by atoms with van der Waals surface area (Å²) in [4.78, 5) is 31.4. The van der Waals surface area contributed by atoms with Crippen LogP contribution in [0.2, 0.25) is 5.02 Å². The zero-order valence-electron chi connectivity index (χ0n) is 17.6. The molecule has 1 fully saturated rings. The number of methoxy groups -OCH3 is 2. The van der Waals surface area contributed by atoms with Crippen LogP contribution >= 0.6 is 11.6 Å². The highest BCUT2D eigenvalue weighted by Crippen LogP contribution is 2.44. The van der Waals surface area contributed by atoms with Crippen molar-refractivity contribution in [3.05, 3.63) is 88.5 Å². The molecular formula is C24H18ClFN2O5. The molecule has 1 aromatic heterocycles. The van der Waals surface area contributed by atoms with Crippen molar-refractivity contribution in [1.29, 1.82) is 0 Å². The first-order valence-electron chi connectivity index (χ1n) is 9.75. The molecular weight excluding hydrogens is 451 g/mol. The number of rotatable bonds is 5. The van der Waals surface area contributed by atoms with E-state index in [0.717, 1.165) is 11.0 Å². The fraction of sp³-hybridized carbons (Fsp3) is 0.125. The third-order valence-corrected chi connectivity index (χ3v) is 5.58. The topological polar surface area (TPSA) is 89.0 Å². The molecule has 1 unspecified atom stereocenters. The van der Waals surface area contributed by atoms with Gasteiger partial charge in [0.15, 0.2) is 0 Å². The van der Waals surface area contributed by atoms with Gasteiger partial charge in [0, 0.05) is 24.1 Å². The van der Waals surface area contributed by atoms with Gasteiger partial charge in [0.05, 0.1) is 36.4 Å². The van der Waals surface area contributed by atoms with E-state index in [-0.39, 0.29) is 33.3 Å². The van der Waals surface area contributed by atoms with Gasteiger partial charge >= 0.3 is 0 Å². The number of aliphatic hydroxyl groups excluding tert-OH is 1. The minimum Gasteiger partial charge on any atom is -0.507 e. The molecule has 0 radical (unpaired) electrons. The van der Waals surface area contributed by atoms with E-state index in [1.54, 1.807) is 12.1 Å². The highest BCUT2D eigenvalue weighted by molar-refractivity contribution is 6.51. The molecule has 0 bridgehead atoms. The lowest BCUT2D eigenvalue weighted by Gasteiger charge is -2.25. The number of pyridine rings is 1. The first-order valence-corrected chi connectivity index (χ1v) is 10.1. The molecule has 1 N–H and O–H groups in total. The van der Waals surface area contributed by atoms with Crippen molar-refractivity contribution in [2.75, 3.05) is 19.1 Å². The van der Waals surface area contributed by atoms with Gasteiger partial charge in [0.2, 0.25) is 0 Å². The molecule has 1 atom stereocenters. The van der Waals surface area contributed by atoms with Crippen LogP contribution in [-0.4, -0.2) is 36.0 Å². The Morgan fingerprint density at radius 3 is 2.39 bits per heavy atom. The number of carbonyl (C=O) groups excluding carboxylic acids is 2. The quantitative estimate of drug-likeness (QED) is 0.336. The fourth-order valence-electron chi connectivity index (χ4n) is 3.78. The highest BCUT2D eigenvalue weighted by Gasteiger charge is 2.47. The summed E-state index contributed by atoms with van der Waals surface area (Å²) >= 11 is 6.16. The van der Waals surface area contributed by atoms with E-state index in [0.29, 0.717) is 5.56 Å². The van der Waals surface area contributed by atoms with Crippen molar-refractivity contribution in [2.24, 2.45) is 0 Å². The maximum absolute atomic E-state index is 14.0. The zero-order valence-corrected chi connectivity index (χ0v) is 18.3. The molecule has 9 heteroatoms. The minimum absolute atomic E-state index is 0.107. The number of benzene rings is 2. The van der Waals surface area contributed by atoms with Crippen molar-refractivity contribution in [3.63, 3.8) is 0 Å². The lowest BCUT2D eigenvalue weighted by atomic mass is 9.95. The van der Waals surface area contributed by atoms with Gasteiger partial charge < -0.3 is 14.6 Å². The van der Waals surface area contributed by atoms with Crippen molar-refractivity contribution in [1.82, 2.24) is 4.98 Å². The maximum Gasteiger partial charge on any atom is 0.300 e. The Kier molecular flexibility index (Phi) is 6.02. The van der Waals surface area contributed by atoms with Crippen molar-refractivity contribution in [3.8, 4) is 11.5 Å². The number of aromatic nitrogens is 1. The summed E-state index contributed by atoms with van der Waals surface area (Å²) in [5.74, 6) is -2.51. The average molecular weight is 469 g/mol. The lowest BCUT2D eigenvalue weighted by Crippen LogP contribution is -2.29. The first kappa shape index (κ1) is 22.3. The number of carbonyl (C=O) groups is 2. The third kappa shape index (κ3) is 3.89. The molecule has 2 heterocycles. The largest absolute Gasteiger partial charge is 0.507 e. The number of amides is 1. The third-order valence-electron chi connectivity index (χ3n) is 5.28. The molecule has 4 rings (SSSR count). The molecule has 0 spiro atoms. The predicted molar refractivity (Wildman–Crippen MR) is 120 cm³/mol. The number of Topliss-reactive ketones (excluding diaryl/α,β-unsaturated/α-hetero) is 1. The monoisotopic (exact) mass is 468 g/mol. The van der Waals surface area contributed by atoms with Crippen LogP contribution in [0, 0.1) is 5.82 Å². The van der Waals surface area contributed by atoms with Gasteiger partial charge in [-0.2, -0.15) is 0 Å². The Balaban J connectivity index is 1.99. The smallest absolute Gasteiger partial charge is 0.300 e. The normalized spacial score (nSPS) is 17.3. The zero-order chi connectivity index (χ0) is 23.7. The second kappa shape index (κ2) is 8.91. The van der Waals surface area contributed by atoms with Crippen molar-refractivity contribution < 1.29 is 28.6 Å². The van der Waals surface area contributed by atoms with Gasteiger partial charge in [0.25, 0.3) is 11.7 Å². The van der Waals surface area contributed by atoms with Crippen molar-refractivity contribution >= 4 is 34.7 Å². The first-order chi connectivity index (χ1) is 15.9. The maximum atomic E-state index is 14.0. The summed E-state index contributed by atoms with van der Waals surface area (Å²) in [7, 11) is 2.78. The van der Waals surface area contributed by atoms with Crippen LogP contribution in [-0.2, 0) is 9.59 Å². The average Bonchev–Trinajstić information content (AvgIpc) is 3.09. The molecule has 1 amide bonds. The number of nitrogens with zero attached hydrogens (tertiary/aromatic N) is 2. The number of hydrogen-bond acceptors (Lipinski definition) is 6. The van der Waals surface area contributed by atoms with Crippen molar-refractivity contribution in [2.45, 2.75) is 6.04 Å². The van der Waals surface area contributed by atoms with E-state index in [9.17, 15) is 19.1 Å². The number of aliphatic hydroxyl groups is 1. The fourth-order valence-corrected chi connectivity index (χ4v) is 4.01. The standard InChI is InChI=1S/C24H18ClFN2O5/c1-32-18-12-17(25)19(33-2)11-16(18)22(29)20-21(13-6-8-27-9-7-13)28(24(31)23(20)30)15-5-3-4-14(26)10-15/h3-12,21,29H,1-2H3/b22-20+. The van der Waals surface area contributed by atoms with E-state index < -0.39 is 29.3 Å². The van der Waals surface area contributed by atoms with Gasteiger partial charge in [-0.1, -0.05) is 17.7 Å². The molecule has 7 nitrogen and oxygen atoms in total. The molecule has 3 aromatic rings. The summed E-state index contributed by atoms with van der Waals surface area (Å²) in [6.07, 6.45) is 2.99. The summed E-state index contributed by atoms with van der Waals surface area (Å²) in [6, 6.07) is 10.3. The number of hydrogen-bond donors (Lipinski definition) is 1. The Bertz CT molecular complexity index is 1280. The van der Waals surface area contributed by atoms with Gasteiger partial charge in [-0.05, 0) is 42.0 Å². The SMILES string of the molecule is COc1cc(/C(O)=C2\C(=O)C(=O)N(c3cccc(F)c3)C2c2ccncc2)c(OC)cc1Cl. The number of ketones is 1. The predicted octanol–water partition coefficient (Wildman–Crippen LogP) is 4.52. The van der Waals surface area contributed by atoms with Gasteiger partial charge in [0.1, 0.15) is 23.1 Å². The summed E-state index contributed by atoms with van der Waals surface area (Å²) in [6.45, 7) is 0. The van der Waals surface area contributed by atoms with Crippen LogP contribution in [0.3, 0.4) is 0 Å². The molecule has 1 aliphatic rings. The molecule has 2 aromatic carbocycles. The van der Waals surface area contributed by atoms with Crippen LogP contribution in [0.4, 0.5) is 10.1 Å². The molecule has 1 aliphatic heterocycles. The lowest BCUT2D eigenvalue weighted by molar-refractivity contribution is -0.132. The molecule has 33 heavy (non-hydrogen) atoms. The van der Waals surface area contributed by atoms with Gasteiger partial charge in [-0.3, -0.25) is 19.5 Å². The van der Waals surface area contributed by atoms with Crippen LogP contribution in [0.5, 0.6) is 11.5 Å². The summed E-state index contributed by atoms with van der Waals surface area (Å²) < 4.78 is 24.5. The Hall–Kier alpha value is -3.91. The van der Waals surface area contributed by atoms with E-state index in [1.165, 1.54) is 56.9 Å². The molecule has 1 saturated heterocycles. The Morgan fingerprint density at radius 2 is 1.76 bits per heavy atom. The highest BCUT2D eigenvalue weighted by atomic mass is 35.5. The second-order valence-corrected chi connectivity index (χ2v) is 7.52. The van der Waals surface area contributed by atoms with Crippen LogP contribution in [0.15, 0.2) is 66.5 Å².